The molecule has 0 atom stereocenters. The Morgan fingerprint density at radius 2 is 2.35 bits per heavy atom. The Morgan fingerprint density at radius 3 is 3.06 bits per heavy atom. The van der Waals surface area contributed by atoms with Gasteiger partial charge in [0.05, 0.1) is 5.52 Å². The fourth-order valence-corrected chi connectivity index (χ4v) is 1.86. The summed E-state index contributed by atoms with van der Waals surface area (Å²) in [6, 6.07) is 5.47. The molecule has 5 heteroatoms. The van der Waals surface area contributed by atoms with E-state index in [1.54, 1.807) is 6.07 Å². The number of fused-ring (bicyclic) bond motifs is 1. The van der Waals surface area contributed by atoms with Gasteiger partial charge in [0.2, 0.25) is 0 Å². The van der Waals surface area contributed by atoms with Crippen LogP contribution in [-0.4, -0.2) is 34.1 Å². The Bertz CT molecular complexity index is 534. The highest BCUT2D eigenvalue weighted by molar-refractivity contribution is 5.93. The van der Waals surface area contributed by atoms with Gasteiger partial charge in [0, 0.05) is 12.6 Å². The first kappa shape index (κ1) is 11.6. The van der Waals surface area contributed by atoms with E-state index in [9.17, 15) is 4.79 Å². The second kappa shape index (κ2) is 4.97. The maximum Gasteiger partial charge on any atom is 0.356 e. The third-order valence-electron chi connectivity index (χ3n) is 2.65. The maximum absolute atomic E-state index is 11.1. The summed E-state index contributed by atoms with van der Waals surface area (Å²) in [7, 11) is 1.90. The van der Waals surface area contributed by atoms with Gasteiger partial charge in [0.1, 0.15) is 5.82 Å². The lowest BCUT2D eigenvalue weighted by molar-refractivity contribution is 0.0693. The van der Waals surface area contributed by atoms with Crippen LogP contribution in [0.1, 0.15) is 22.7 Å². The molecule has 0 aliphatic rings. The molecular weight excluding hydrogens is 218 g/mol. The minimum absolute atomic E-state index is 0.130. The summed E-state index contributed by atoms with van der Waals surface area (Å²) < 4.78 is 1.85. The van der Waals surface area contributed by atoms with Gasteiger partial charge in [-0.3, -0.25) is 0 Å². The number of hydrogen-bond donors (Lipinski definition) is 2. The van der Waals surface area contributed by atoms with Crippen LogP contribution in [-0.2, 0) is 6.42 Å². The SMILES string of the molecule is CNCCCc1nc(C(=O)O)c2ccccn12. The standard InChI is InChI=1S/C12H15N3O2/c1-13-7-4-6-10-14-11(12(16)17)9-5-2-3-8-15(9)10/h2-3,5,8,13H,4,6-7H2,1H3,(H,16,17). The van der Waals surface area contributed by atoms with Crippen LogP contribution in [0.2, 0.25) is 0 Å². The molecule has 0 fully saturated rings. The van der Waals surface area contributed by atoms with Crippen molar-refractivity contribution < 1.29 is 9.90 Å². The van der Waals surface area contributed by atoms with Gasteiger partial charge in [0.15, 0.2) is 5.69 Å². The van der Waals surface area contributed by atoms with Gasteiger partial charge in [-0.25, -0.2) is 9.78 Å². The molecule has 0 aliphatic heterocycles. The predicted octanol–water partition coefficient (Wildman–Crippen LogP) is 1.18. The smallest absolute Gasteiger partial charge is 0.356 e. The van der Waals surface area contributed by atoms with Crippen LogP contribution in [0.15, 0.2) is 24.4 Å². The van der Waals surface area contributed by atoms with Crippen molar-refractivity contribution in [2.24, 2.45) is 0 Å². The molecule has 0 saturated carbocycles. The second-order valence-electron chi connectivity index (χ2n) is 3.84. The molecule has 0 spiro atoms. The number of carboxylic acids is 1. The molecule has 0 aliphatic carbocycles. The third kappa shape index (κ3) is 2.29. The van der Waals surface area contributed by atoms with Crippen LogP contribution in [0.5, 0.6) is 0 Å². The van der Waals surface area contributed by atoms with Gasteiger partial charge < -0.3 is 14.8 Å². The van der Waals surface area contributed by atoms with Gasteiger partial charge >= 0.3 is 5.97 Å². The Kier molecular flexibility index (Phi) is 3.39. The molecule has 0 bridgehead atoms. The van der Waals surface area contributed by atoms with Gasteiger partial charge in [-0.05, 0) is 32.1 Å². The summed E-state index contributed by atoms with van der Waals surface area (Å²) in [4.78, 5) is 15.3. The zero-order chi connectivity index (χ0) is 12.3. The van der Waals surface area contributed by atoms with Crippen LogP contribution in [0.25, 0.3) is 5.52 Å². The molecule has 0 radical (unpaired) electrons. The van der Waals surface area contributed by atoms with Gasteiger partial charge in [-0.15, -0.1) is 0 Å². The monoisotopic (exact) mass is 233 g/mol. The number of rotatable bonds is 5. The minimum atomic E-state index is -0.978. The Hall–Kier alpha value is -1.88. The van der Waals surface area contributed by atoms with E-state index in [2.05, 4.69) is 10.3 Å². The molecule has 0 aromatic carbocycles. The topological polar surface area (TPSA) is 66.6 Å². The first-order valence-corrected chi connectivity index (χ1v) is 5.58. The number of carboxylic acid groups (broad SMARTS) is 1. The first-order chi connectivity index (χ1) is 8.24. The molecular formula is C12H15N3O2. The lowest BCUT2D eigenvalue weighted by Gasteiger charge is -2.00. The number of hydrogen-bond acceptors (Lipinski definition) is 3. The summed E-state index contributed by atoms with van der Waals surface area (Å²) in [6.07, 6.45) is 3.55. The van der Waals surface area contributed by atoms with Crippen molar-refractivity contribution in [1.82, 2.24) is 14.7 Å². The highest BCUT2D eigenvalue weighted by atomic mass is 16.4. The van der Waals surface area contributed by atoms with Crippen molar-refractivity contribution in [2.45, 2.75) is 12.8 Å². The van der Waals surface area contributed by atoms with Crippen molar-refractivity contribution in [3.63, 3.8) is 0 Å². The predicted molar refractivity (Wildman–Crippen MR) is 64.4 cm³/mol. The molecule has 2 N–H and O–H groups in total. The summed E-state index contributed by atoms with van der Waals surface area (Å²) in [5.41, 5.74) is 0.782. The normalized spacial score (nSPS) is 10.9. The van der Waals surface area contributed by atoms with E-state index >= 15 is 0 Å². The molecule has 90 valence electrons. The summed E-state index contributed by atoms with van der Waals surface area (Å²) in [6.45, 7) is 0.893. The lowest BCUT2D eigenvalue weighted by atomic mass is 10.3. The average Bonchev–Trinajstić information content (AvgIpc) is 2.69. The molecule has 0 saturated heterocycles. The van der Waals surface area contributed by atoms with Crippen LogP contribution in [0.4, 0.5) is 0 Å². The number of nitrogens with one attached hydrogen (secondary N) is 1. The highest BCUT2D eigenvalue weighted by Crippen LogP contribution is 2.14. The van der Waals surface area contributed by atoms with Gasteiger partial charge in [-0.1, -0.05) is 6.07 Å². The maximum atomic E-state index is 11.1. The quantitative estimate of drug-likeness (QED) is 0.761. The molecule has 2 aromatic rings. The van der Waals surface area contributed by atoms with Crippen molar-refractivity contribution in [2.75, 3.05) is 13.6 Å². The summed E-state index contributed by atoms with van der Waals surface area (Å²) >= 11 is 0. The van der Waals surface area contributed by atoms with E-state index in [-0.39, 0.29) is 5.69 Å². The number of imidazole rings is 1. The van der Waals surface area contributed by atoms with E-state index in [0.29, 0.717) is 5.52 Å². The van der Waals surface area contributed by atoms with Crippen LogP contribution in [0.3, 0.4) is 0 Å². The van der Waals surface area contributed by atoms with Crippen molar-refractivity contribution >= 4 is 11.5 Å². The van der Waals surface area contributed by atoms with Crippen LogP contribution < -0.4 is 5.32 Å². The largest absolute Gasteiger partial charge is 0.476 e. The van der Waals surface area contributed by atoms with E-state index in [4.69, 9.17) is 5.11 Å². The van der Waals surface area contributed by atoms with Crippen LogP contribution >= 0.6 is 0 Å². The lowest BCUT2D eigenvalue weighted by Crippen LogP contribution is -2.09. The molecule has 17 heavy (non-hydrogen) atoms. The van der Waals surface area contributed by atoms with Crippen molar-refractivity contribution in [1.29, 1.82) is 0 Å². The fourth-order valence-electron chi connectivity index (χ4n) is 1.86. The van der Waals surface area contributed by atoms with Gasteiger partial charge in [-0.2, -0.15) is 0 Å². The molecule has 0 unspecified atom stereocenters. The van der Waals surface area contributed by atoms with E-state index < -0.39 is 5.97 Å². The average molecular weight is 233 g/mol. The first-order valence-electron chi connectivity index (χ1n) is 5.58. The Labute approximate surface area is 99.1 Å². The van der Waals surface area contributed by atoms with Crippen molar-refractivity contribution in [3.8, 4) is 0 Å². The molecule has 5 nitrogen and oxygen atoms in total. The number of carbonyl (C=O) groups is 1. The number of aromatic nitrogens is 2. The minimum Gasteiger partial charge on any atom is -0.476 e. The summed E-state index contributed by atoms with van der Waals surface area (Å²) in [5, 5.41) is 12.1. The molecule has 2 heterocycles. The molecule has 2 aromatic heterocycles. The zero-order valence-corrected chi connectivity index (χ0v) is 9.68. The van der Waals surface area contributed by atoms with E-state index in [0.717, 1.165) is 25.2 Å². The van der Waals surface area contributed by atoms with E-state index in [1.807, 2.05) is 29.8 Å². The Morgan fingerprint density at radius 1 is 1.53 bits per heavy atom. The number of aryl methyl sites for hydroxylation is 1. The van der Waals surface area contributed by atoms with E-state index in [1.165, 1.54) is 0 Å². The zero-order valence-electron chi connectivity index (χ0n) is 9.68. The van der Waals surface area contributed by atoms with Crippen LogP contribution in [0, 0.1) is 0 Å². The number of pyridine rings is 1. The molecule has 0 amide bonds. The van der Waals surface area contributed by atoms with Gasteiger partial charge in [0.25, 0.3) is 0 Å². The summed E-state index contributed by atoms with van der Waals surface area (Å²) in [5.74, 6) is -0.179. The Balaban J connectivity index is 2.38. The second-order valence-corrected chi connectivity index (χ2v) is 3.84. The number of aromatic carboxylic acids is 1. The molecule has 2 rings (SSSR count). The van der Waals surface area contributed by atoms with Crippen molar-refractivity contribution in [3.05, 3.63) is 35.9 Å². The number of nitrogens with zero attached hydrogens (tertiary/aromatic N) is 2. The third-order valence-corrected chi connectivity index (χ3v) is 2.65. The fraction of sp³-hybridized carbons (Fsp3) is 0.333. The highest BCUT2D eigenvalue weighted by Gasteiger charge is 2.15.